The van der Waals surface area contributed by atoms with Gasteiger partial charge in [0.2, 0.25) is 0 Å². The van der Waals surface area contributed by atoms with E-state index in [1.54, 1.807) is 35.0 Å². The van der Waals surface area contributed by atoms with Gasteiger partial charge < -0.3 is 9.71 Å². The number of aromatic amines is 1. The van der Waals surface area contributed by atoms with Crippen LogP contribution in [-0.2, 0) is 0 Å². The third kappa shape index (κ3) is 2.39. The molecule has 2 nitrogen and oxygen atoms in total. The minimum absolute atomic E-state index is 1.13. The number of thioether (sulfide) groups is 1. The molecular formula is C13H12N2S3. The summed E-state index contributed by atoms with van der Waals surface area (Å²) < 4.78 is 4.68. The summed E-state index contributed by atoms with van der Waals surface area (Å²) in [5.41, 5.74) is 2.30. The summed E-state index contributed by atoms with van der Waals surface area (Å²) in [5.74, 6) is 0. The van der Waals surface area contributed by atoms with Crippen LogP contribution in [0.25, 0.3) is 10.9 Å². The van der Waals surface area contributed by atoms with Crippen molar-refractivity contribution in [2.75, 3.05) is 11.0 Å². The number of benzene rings is 1. The van der Waals surface area contributed by atoms with Crippen molar-refractivity contribution in [3.05, 3.63) is 41.8 Å². The van der Waals surface area contributed by atoms with Crippen LogP contribution in [-0.4, -0.2) is 11.2 Å². The first-order chi connectivity index (χ1) is 8.86. The number of H-pyrrole nitrogens is 1. The quantitative estimate of drug-likeness (QED) is 0.519. The lowest BCUT2D eigenvalue weighted by Gasteiger charge is -2.04. The third-order valence-corrected chi connectivity index (χ3v) is 5.13. The minimum Gasteiger partial charge on any atom is -0.348 e. The van der Waals surface area contributed by atoms with Gasteiger partial charge in [0, 0.05) is 5.39 Å². The molecule has 3 rings (SSSR count). The van der Waals surface area contributed by atoms with Gasteiger partial charge in [-0.2, -0.15) is 0 Å². The molecule has 0 bridgehead atoms. The zero-order chi connectivity index (χ0) is 12.4. The summed E-state index contributed by atoms with van der Waals surface area (Å²) in [4.78, 5) is 3.43. The number of hydrogen-bond donors (Lipinski definition) is 2. The van der Waals surface area contributed by atoms with Crippen LogP contribution in [0.1, 0.15) is 0 Å². The average Bonchev–Trinajstić information content (AvgIpc) is 3.04. The van der Waals surface area contributed by atoms with Gasteiger partial charge in [0.25, 0.3) is 0 Å². The minimum atomic E-state index is 1.13. The first-order valence-electron chi connectivity index (χ1n) is 5.49. The Kier molecular flexibility index (Phi) is 3.54. The van der Waals surface area contributed by atoms with Gasteiger partial charge in [0.15, 0.2) is 0 Å². The van der Waals surface area contributed by atoms with E-state index in [1.165, 1.54) is 20.1 Å². The van der Waals surface area contributed by atoms with Gasteiger partial charge in [-0.05, 0) is 41.8 Å². The molecule has 0 saturated heterocycles. The standard InChI is InChI=1S/C13H12N2S3/c1-16-11-8-9-4-2-5-10(13(9)14-11)15-18-12-6-3-7-17-12/h2-8,14-15H,1H3. The van der Waals surface area contributed by atoms with Gasteiger partial charge in [-0.15, -0.1) is 23.1 Å². The van der Waals surface area contributed by atoms with Gasteiger partial charge in [0.05, 0.1) is 20.4 Å². The van der Waals surface area contributed by atoms with Crippen LogP contribution in [0.2, 0.25) is 0 Å². The van der Waals surface area contributed by atoms with Crippen LogP contribution >= 0.6 is 35.0 Å². The molecule has 0 aliphatic heterocycles. The summed E-state index contributed by atoms with van der Waals surface area (Å²) in [7, 11) is 0. The number of anilines is 1. The van der Waals surface area contributed by atoms with Gasteiger partial charge in [-0.1, -0.05) is 18.2 Å². The largest absolute Gasteiger partial charge is 0.348 e. The molecule has 2 heterocycles. The summed E-state index contributed by atoms with van der Waals surface area (Å²) in [6, 6.07) is 12.7. The Morgan fingerprint density at radius 2 is 2.17 bits per heavy atom. The molecular weight excluding hydrogens is 280 g/mol. The maximum atomic E-state index is 3.43. The molecule has 1 aromatic carbocycles. The zero-order valence-corrected chi connectivity index (χ0v) is 12.2. The van der Waals surface area contributed by atoms with Crippen molar-refractivity contribution in [3.8, 4) is 0 Å². The van der Waals surface area contributed by atoms with E-state index in [4.69, 9.17) is 0 Å². The second-order valence-corrected chi connectivity index (χ2v) is 6.65. The van der Waals surface area contributed by atoms with Crippen LogP contribution in [0.4, 0.5) is 5.69 Å². The molecule has 2 aromatic heterocycles. The number of fused-ring (bicyclic) bond motifs is 1. The van der Waals surface area contributed by atoms with E-state index in [1.807, 2.05) is 0 Å². The van der Waals surface area contributed by atoms with Gasteiger partial charge in [-0.3, -0.25) is 0 Å². The fourth-order valence-corrected chi connectivity index (χ4v) is 3.66. The lowest BCUT2D eigenvalue weighted by molar-refractivity contribution is 1.25. The van der Waals surface area contributed by atoms with Crippen molar-refractivity contribution in [1.82, 2.24) is 4.98 Å². The second kappa shape index (κ2) is 5.30. The van der Waals surface area contributed by atoms with E-state index in [-0.39, 0.29) is 0 Å². The number of thiophene rings is 1. The summed E-state index contributed by atoms with van der Waals surface area (Å²) in [5, 5.41) is 4.53. The predicted molar refractivity (Wildman–Crippen MR) is 83.9 cm³/mol. The highest BCUT2D eigenvalue weighted by atomic mass is 32.2. The fourth-order valence-electron chi connectivity index (χ4n) is 1.75. The maximum Gasteiger partial charge on any atom is 0.0807 e. The monoisotopic (exact) mass is 292 g/mol. The highest BCUT2D eigenvalue weighted by Crippen LogP contribution is 2.31. The van der Waals surface area contributed by atoms with Crippen LogP contribution in [0.3, 0.4) is 0 Å². The SMILES string of the molecule is CSc1cc2cccc(NSc3cccs3)c2[nH]1. The Labute approximate surface area is 118 Å². The molecule has 0 aliphatic carbocycles. The van der Waals surface area contributed by atoms with Crippen LogP contribution in [0.15, 0.2) is 51.0 Å². The lowest BCUT2D eigenvalue weighted by Crippen LogP contribution is -1.86. The highest BCUT2D eigenvalue weighted by Gasteiger charge is 2.05. The topological polar surface area (TPSA) is 27.8 Å². The van der Waals surface area contributed by atoms with E-state index in [2.05, 4.69) is 57.7 Å². The van der Waals surface area contributed by atoms with Crippen LogP contribution in [0, 0.1) is 0 Å². The Morgan fingerprint density at radius 1 is 1.22 bits per heavy atom. The van der Waals surface area contributed by atoms with Crippen LogP contribution < -0.4 is 4.72 Å². The Bertz CT molecular complexity index is 643. The zero-order valence-electron chi connectivity index (χ0n) is 9.77. The van der Waals surface area contributed by atoms with Crippen molar-refractivity contribution >= 4 is 51.6 Å². The first-order valence-corrected chi connectivity index (χ1v) is 8.41. The van der Waals surface area contributed by atoms with Gasteiger partial charge in [-0.25, -0.2) is 0 Å². The number of aromatic nitrogens is 1. The maximum absolute atomic E-state index is 3.43. The first kappa shape index (κ1) is 12.0. The van der Waals surface area contributed by atoms with Crippen molar-refractivity contribution < 1.29 is 0 Å². The molecule has 92 valence electrons. The van der Waals surface area contributed by atoms with Gasteiger partial charge >= 0.3 is 0 Å². The molecule has 0 aliphatic rings. The average molecular weight is 292 g/mol. The van der Waals surface area contributed by atoms with Crippen molar-refractivity contribution in [1.29, 1.82) is 0 Å². The highest BCUT2D eigenvalue weighted by molar-refractivity contribution is 8.02. The predicted octanol–water partition coefficient (Wildman–Crippen LogP) is 5.07. The Morgan fingerprint density at radius 3 is 2.94 bits per heavy atom. The lowest BCUT2D eigenvalue weighted by atomic mass is 10.2. The molecule has 0 atom stereocenters. The summed E-state index contributed by atoms with van der Waals surface area (Å²) in [6.45, 7) is 0. The van der Waals surface area contributed by atoms with Crippen LogP contribution in [0.5, 0.6) is 0 Å². The van der Waals surface area contributed by atoms with Crippen molar-refractivity contribution in [2.24, 2.45) is 0 Å². The molecule has 5 heteroatoms. The number of rotatable bonds is 4. The molecule has 0 spiro atoms. The second-order valence-electron chi connectivity index (χ2n) is 3.74. The Hall–Kier alpha value is -1.04. The molecule has 0 fully saturated rings. The van der Waals surface area contributed by atoms with Crippen molar-refractivity contribution in [2.45, 2.75) is 9.24 Å². The summed E-state index contributed by atoms with van der Waals surface area (Å²) in [6.07, 6.45) is 2.08. The fraction of sp³-hybridized carbons (Fsp3) is 0.0769. The van der Waals surface area contributed by atoms with E-state index < -0.39 is 0 Å². The Balaban J connectivity index is 1.89. The van der Waals surface area contributed by atoms with Crippen molar-refractivity contribution in [3.63, 3.8) is 0 Å². The van der Waals surface area contributed by atoms with E-state index >= 15 is 0 Å². The molecule has 0 unspecified atom stereocenters. The summed E-state index contributed by atoms with van der Waals surface area (Å²) >= 11 is 5.13. The van der Waals surface area contributed by atoms with Gasteiger partial charge in [0.1, 0.15) is 0 Å². The molecule has 0 saturated carbocycles. The molecule has 18 heavy (non-hydrogen) atoms. The smallest absolute Gasteiger partial charge is 0.0807 e. The molecule has 0 amide bonds. The number of hydrogen-bond acceptors (Lipinski definition) is 4. The third-order valence-electron chi connectivity index (χ3n) is 2.61. The number of nitrogens with one attached hydrogen (secondary N) is 2. The molecule has 0 radical (unpaired) electrons. The normalized spacial score (nSPS) is 10.9. The van der Waals surface area contributed by atoms with E-state index in [9.17, 15) is 0 Å². The number of para-hydroxylation sites is 1. The molecule has 2 N–H and O–H groups in total. The van der Waals surface area contributed by atoms with E-state index in [0.717, 1.165) is 5.69 Å². The molecule has 3 aromatic rings. The van der Waals surface area contributed by atoms with E-state index in [0.29, 0.717) is 0 Å².